The van der Waals surface area contributed by atoms with Crippen LogP contribution in [0.3, 0.4) is 0 Å². The Kier molecular flexibility index (Phi) is 6.91. The smallest absolute Gasteiger partial charge is 0.253 e. The van der Waals surface area contributed by atoms with Gasteiger partial charge in [0.05, 0.1) is 17.4 Å². The minimum Gasteiger partial charge on any atom is -0.385 e. The van der Waals surface area contributed by atoms with Crippen LogP contribution in [0, 0.1) is 5.92 Å². The van der Waals surface area contributed by atoms with Gasteiger partial charge in [0, 0.05) is 37.8 Å². The lowest BCUT2D eigenvalue weighted by molar-refractivity contribution is 0.0642. The number of aromatic amines is 1. The summed E-state index contributed by atoms with van der Waals surface area (Å²) >= 11 is 0. The van der Waals surface area contributed by atoms with Gasteiger partial charge in [-0.05, 0) is 55.5 Å². The largest absolute Gasteiger partial charge is 0.385 e. The lowest BCUT2D eigenvalue weighted by atomic mass is 9.94. The van der Waals surface area contributed by atoms with Crippen molar-refractivity contribution in [2.45, 2.75) is 19.3 Å². The van der Waals surface area contributed by atoms with Gasteiger partial charge in [-0.2, -0.15) is 10.2 Å². The Morgan fingerprint density at radius 1 is 1.28 bits per heavy atom. The van der Waals surface area contributed by atoms with Crippen LogP contribution in [0.4, 0.5) is 5.69 Å². The zero-order valence-corrected chi connectivity index (χ0v) is 18.2. The number of para-hydroxylation sites is 1. The summed E-state index contributed by atoms with van der Waals surface area (Å²) in [5.41, 5.74) is 3.40. The van der Waals surface area contributed by atoms with Crippen LogP contribution in [0.5, 0.6) is 0 Å². The van der Waals surface area contributed by atoms with E-state index in [4.69, 9.17) is 10.6 Å². The fraction of sp³-hybridized carbons (Fsp3) is 0.333. The molecule has 1 aromatic heterocycles. The van der Waals surface area contributed by atoms with Gasteiger partial charge in [0.1, 0.15) is 11.4 Å². The van der Waals surface area contributed by atoms with Crippen molar-refractivity contribution in [3.63, 3.8) is 0 Å². The Labute approximate surface area is 187 Å². The molecule has 8 nitrogen and oxygen atoms in total. The van der Waals surface area contributed by atoms with Crippen molar-refractivity contribution in [1.29, 1.82) is 0 Å². The van der Waals surface area contributed by atoms with E-state index in [1.165, 1.54) is 0 Å². The van der Waals surface area contributed by atoms with Crippen LogP contribution < -0.4 is 5.84 Å². The minimum atomic E-state index is 0.0647. The Balaban J connectivity index is 1.43. The molecule has 0 saturated carbocycles. The van der Waals surface area contributed by atoms with E-state index in [0.717, 1.165) is 49.9 Å². The number of rotatable bonds is 7. The molecular formula is C24H28N6O2. The van der Waals surface area contributed by atoms with Crippen LogP contribution >= 0.6 is 0 Å². The molecule has 3 aromatic rings. The molecule has 1 amide bonds. The number of nitrogens with one attached hydrogen (secondary N) is 1. The second kappa shape index (κ2) is 10.2. The average molecular weight is 433 g/mol. The number of hydrazone groups is 1. The number of carbonyl (C=O) groups excluding carboxylic acids is 1. The number of nitrogens with two attached hydrogens (primary N) is 1. The van der Waals surface area contributed by atoms with Gasteiger partial charge in [0.2, 0.25) is 0 Å². The normalized spacial score (nSPS) is 17.3. The highest BCUT2D eigenvalue weighted by Gasteiger charge is 2.24. The molecule has 32 heavy (non-hydrogen) atoms. The number of H-pyrrole nitrogens is 1. The summed E-state index contributed by atoms with van der Waals surface area (Å²) < 4.78 is 5.19. The third kappa shape index (κ3) is 4.86. The SMILES string of the molecule is COCCC1CCCN(C(=O)c2ccc(N=CC(=NN)c3n[nH]c4ccccc34)cc2)C1. The van der Waals surface area contributed by atoms with Crippen molar-refractivity contribution in [3.05, 3.63) is 59.8 Å². The quantitative estimate of drug-likeness (QED) is 0.338. The predicted octanol–water partition coefficient (Wildman–Crippen LogP) is 3.52. The van der Waals surface area contributed by atoms with Gasteiger partial charge in [0.15, 0.2) is 0 Å². The first-order valence-electron chi connectivity index (χ1n) is 10.8. The number of fused-ring (bicyclic) bond motifs is 1. The molecule has 1 aliphatic heterocycles. The maximum absolute atomic E-state index is 12.9. The maximum Gasteiger partial charge on any atom is 0.253 e. The van der Waals surface area contributed by atoms with Gasteiger partial charge in [-0.25, -0.2) is 0 Å². The van der Waals surface area contributed by atoms with Gasteiger partial charge in [-0.1, -0.05) is 18.2 Å². The second-order valence-corrected chi connectivity index (χ2v) is 7.98. The molecule has 1 atom stereocenters. The van der Waals surface area contributed by atoms with E-state index in [1.54, 1.807) is 13.3 Å². The summed E-state index contributed by atoms with van der Waals surface area (Å²) in [6.45, 7) is 2.33. The number of ether oxygens (including phenoxy) is 1. The van der Waals surface area contributed by atoms with Crippen molar-refractivity contribution in [2.24, 2.45) is 21.9 Å². The van der Waals surface area contributed by atoms with Crippen LogP contribution in [0.1, 0.15) is 35.3 Å². The van der Waals surface area contributed by atoms with E-state index in [-0.39, 0.29) is 5.91 Å². The molecule has 0 radical (unpaired) electrons. The highest BCUT2D eigenvalue weighted by molar-refractivity contribution is 6.40. The van der Waals surface area contributed by atoms with Gasteiger partial charge in [0.25, 0.3) is 5.91 Å². The molecule has 0 spiro atoms. The molecule has 2 heterocycles. The van der Waals surface area contributed by atoms with Crippen LogP contribution in [-0.4, -0.2) is 59.7 Å². The summed E-state index contributed by atoms with van der Waals surface area (Å²) in [5, 5.41) is 12.0. The first-order valence-corrected chi connectivity index (χ1v) is 10.8. The van der Waals surface area contributed by atoms with E-state index < -0.39 is 0 Å². The third-order valence-electron chi connectivity index (χ3n) is 5.84. The number of carbonyl (C=O) groups is 1. The first kappa shape index (κ1) is 21.7. The molecule has 0 bridgehead atoms. The number of nitrogens with zero attached hydrogens (tertiary/aromatic N) is 4. The maximum atomic E-state index is 12.9. The van der Waals surface area contributed by atoms with Gasteiger partial charge in [-0.15, -0.1) is 0 Å². The Bertz CT molecular complexity index is 1120. The minimum absolute atomic E-state index is 0.0647. The van der Waals surface area contributed by atoms with Crippen LogP contribution in [-0.2, 0) is 4.74 Å². The average Bonchev–Trinajstić information content (AvgIpc) is 3.27. The summed E-state index contributed by atoms with van der Waals surface area (Å²) in [7, 11) is 1.72. The summed E-state index contributed by atoms with van der Waals surface area (Å²) in [6.07, 6.45) is 4.76. The molecule has 3 N–H and O–H groups in total. The first-order chi connectivity index (χ1) is 15.7. The number of amides is 1. The molecule has 1 aliphatic rings. The van der Waals surface area contributed by atoms with Gasteiger partial charge < -0.3 is 15.5 Å². The highest BCUT2D eigenvalue weighted by atomic mass is 16.5. The van der Waals surface area contributed by atoms with Crippen LogP contribution in [0.15, 0.2) is 58.6 Å². The Morgan fingerprint density at radius 3 is 2.88 bits per heavy atom. The van der Waals surface area contributed by atoms with Gasteiger partial charge >= 0.3 is 0 Å². The molecule has 0 aliphatic carbocycles. The molecule has 4 rings (SSSR count). The number of methoxy groups -OCH3 is 1. The fourth-order valence-corrected chi connectivity index (χ4v) is 4.09. The summed E-state index contributed by atoms with van der Waals surface area (Å²) in [5.74, 6) is 6.16. The van der Waals surface area contributed by atoms with E-state index >= 15 is 0 Å². The third-order valence-corrected chi connectivity index (χ3v) is 5.84. The van der Waals surface area contributed by atoms with E-state index in [9.17, 15) is 4.79 Å². The van der Waals surface area contributed by atoms with E-state index in [0.29, 0.717) is 28.6 Å². The fourth-order valence-electron chi connectivity index (χ4n) is 4.09. The number of hydrogen-bond acceptors (Lipinski definition) is 6. The Hall–Kier alpha value is -3.52. The summed E-state index contributed by atoms with van der Waals surface area (Å²) in [4.78, 5) is 19.4. The monoisotopic (exact) mass is 432 g/mol. The molecular weight excluding hydrogens is 404 g/mol. The lowest BCUT2D eigenvalue weighted by Crippen LogP contribution is -2.40. The highest BCUT2D eigenvalue weighted by Crippen LogP contribution is 2.22. The molecule has 8 heteroatoms. The second-order valence-electron chi connectivity index (χ2n) is 7.98. The van der Waals surface area contributed by atoms with E-state index in [2.05, 4.69) is 20.3 Å². The summed E-state index contributed by atoms with van der Waals surface area (Å²) in [6, 6.07) is 15.0. The Morgan fingerprint density at radius 2 is 2.09 bits per heavy atom. The van der Waals surface area contributed by atoms with Crippen molar-refractivity contribution in [1.82, 2.24) is 15.1 Å². The zero-order chi connectivity index (χ0) is 22.3. The number of benzene rings is 2. The lowest BCUT2D eigenvalue weighted by Gasteiger charge is -2.32. The van der Waals surface area contributed by atoms with Gasteiger partial charge in [-0.3, -0.25) is 14.9 Å². The molecule has 1 unspecified atom stereocenters. The zero-order valence-electron chi connectivity index (χ0n) is 18.2. The van der Waals surface area contributed by atoms with Crippen molar-refractivity contribution in [3.8, 4) is 0 Å². The van der Waals surface area contributed by atoms with Crippen LogP contribution in [0.2, 0.25) is 0 Å². The standard InChI is InChI=1S/C24H28N6O2/c1-32-14-12-17-5-4-13-30(16-17)24(31)18-8-10-19(11-9-18)26-15-22(27-25)23-20-6-2-3-7-21(20)28-29-23/h2-3,6-11,15,17H,4-5,12-14,16,25H2,1H3,(H,28,29). The number of aliphatic imine (C=N–C) groups is 1. The molecule has 2 aromatic carbocycles. The van der Waals surface area contributed by atoms with Crippen LogP contribution in [0.25, 0.3) is 10.9 Å². The number of hydrogen-bond donors (Lipinski definition) is 2. The number of likely N-dealkylation sites (tertiary alicyclic amines) is 1. The molecule has 1 saturated heterocycles. The van der Waals surface area contributed by atoms with Crippen molar-refractivity contribution < 1.29 is 9.53 Å². The van der Waals surface area contributed by atoms with E-state index in [1.807, 2.05) is 53.4 Å². The van der Waals surface area contributed by atoms with Crippen molar-refractivity contribution >= 4 is 34.4 Å². The topological polar surface area (TPSA) is 109 Å². The number of piperidine rings is 1. The molecule has 1 fully saturated rings. The van der Waals surface area contributed by atoms with Crippen molar-refractivity contribution in [2.75, 3.05) is 26.8 Å². The predicted molar refractivity (Wildman–Crippen MR) is 127 cm³/mol. The number of aromatic nitrogens is 2. The molecule has 166 valence electrons.